The van der Waals surface area contributed by atoms with Gasteiger partial charge in [-0.1, -0.05) is 23.1 Å². The summed E-state index contributed by atoms with van der Waals surface area (Å²) in [5.41, 5.74) is 4.99. The molecule has 108 valence electrons. The summed E-state index contributed by atoms with van der Waals surface area (Å²) in [5.74, 6) is 0.343. The van der Waals surface area contributed by atoms with E-state index < -0.39 is 5.54 Å². The average Bonchev–Trinajstić information content (AvgIpc) is 2.78. The second-order valence-electron chi connectivity index (χ2n) is 4.48. The summed E-state index contributed by atoms with van der Waals surface area (Å²) >= 11 is 3.07. The largest absolute Gasteiger partial charge is 0.465 e. The van der Waals surface area contributed by atoms with Gasteiger partial charge in [0.2, 0.25) is 5.13 Å². The van der Waals surface area contributed by atoms with Crippen LogP contribution in [0.2, 0.25) is 0 Å². The minimum atomic E-state index is -0.946. The lowest BCUT2D eigenvalue weighted by Crippen LogP contribution is -2.46. The molecule has 0 aliphatic rings. The van der Waals surface area contributed by atoms with Gasteiger partial charge in [-0.15, -0.1) is 10.2 Å². The Morgan fingerprint density at radius 1 is 1.53 bits per heavy atom. The van der Waals surface area contributed by atoms with Gasteiger partial charge in [0, 0.05) is 19.8 Å². The van der Waals surface area contributed by atoms with E-state index in [0.717, 1.165) is 9.47 Å². The lowest BCUT2D eigenvalue weighted by molar-refractivity contribution is -0.149. The number of nitrogens with two attached hydrogens (primary N) is 1. The maximum absolute atomic E-state index is 11.6. The molecule has 6 nitrogen and oxygen atoms in total. The van der Waals surface area contributed by atoms with Crippen molar-refractivity contribution in [1.82, 2.24) is 10.2 Å². The van der Waals surface area contributed by atoms with Crippen LogP contribution in [0.5, 0.6) is 0 Å². The molecule has 0 aromatic carbocycles. The average molecular weight is 304 g/mol. The zero-order valence-electron chi connectivity index (χ0n) is 11.7. The van der Waals surface area contributed by atoms with Crippen molar-refractivity contribution in [2.45, 2.75) is 30.1 Å². The molecule has 0 aliphatic heterocycles. The minimum Gasteiger partial charge on any atom is -0.465 e. The van der Waals surface area contributed by atoms with E-state index in [1.807, 2.05) is 19.0 Å². The van der Waals surface area contributed by atoms with Gasteiger partial charge < -0.3 is 15.4 Å². The van der Waals surface area contributed by atoms with Crippen LogP contribution in [0.25, 0.3) is 0 Å². The first-order valence-corrected chi connectivity index (χ1v) is 7.76. The molecule has 0 aliphatic carbocycles. The van der Waals surface area contributed by atoms with Gasteiger partial charge in [0.1, 0.15) is 5.54 Å². The number of nitrogens with zero attached hydrogens (tertiary/aromatic N) is 3. The molecule has 8 heteroatoms. The molecular formula is C11H20N4O2S2. The van der Waals surface area contributed by atoms with Gasteiger partial charge in [-0.05, 0) is 20.3 Å². The summed E-state index contributed by atoms with van der Waals surface area (Å²) in [6, 6.07) is 0. The Balaban J connectivity index is 2.42. The van der Waals surface area contributed by atoms with Crippen LogP contribution in [0.15, 0.2) is 4.34 Å². The van der Waals surface area contributed by atoms with Gasteiger partial charge in [0.15, 0.2) is 4.34 Å². The molecule has 0 spiro atoms. The highest BCUT2D eigenvalue weighted by Crippen LogP contribution is 2.28. The van der Waals surface area contributed by atoms with E-state index >= 15 is 0 Å². The first-order chi connectivity index (χ1) is 8.86. The number of rotatable bonds is 7. The third-order valence-electron chi connectivity index (χ3n) is 2.37. The second-order valence-corrected chi connectivity index (χ2v) is 6.78. The standard InChI is InChI=1S/C11H20N4O2S2/c1-5-17-8(16)11(2,12)6-7-18-10-14-13-9(19-10)15(3)4/h5-7,12H2,1-4H3. The first kappa shape index (κ1) is 16.2. The van der Waals surface area contributed by atoms with E-state index in [1.54, 1.807) is 25.6 Å². The lowest BCUT2D eigenvalue weighted by atomic mass is 10.0. The Morgan fingerprint density at radius 2 is 2.21 bits per heavy atom. The molecule has 0 radical (unpaired) electrons. The van der Waals surface area contributed by atoms with Crippen LogP contribution in [-0.2, 0) is 9.53 Å². The third-order valence-corrected chi connectivity index (χ3v) is 4.59. The van der Waals surface area contributed by atoms with Crippen LogP contribution in [0.3, 0.4) is 0 Å². The molecule has 0 amide bonds. The van der Waals surface area contributed by atoms with E-state index in [-0.39, 0.29) is 5.97 Å². The van der Waals surface area contributed by atoms with Crippen LogP contribution >= 0.6 is 23.1 Å². The molecule has 2 N–H and O–H groups in total. The van der Waals surface area contributed by atoms with Gasteiger partial charge in [-0.3, -0.25) is 4.79 Å². The molecule has 0 bridgehead atoms. The van der Waals surface area contributed by atoms with E-state index in [2.05, 4.69) is 10.2 Å². The summed E-state index contributed by atoms with van der Waals surface area (Å²) in [7, 11) is 3.85. The van der Waals surface area contributed by atoms with Crippen molar-refractivity contribution in [3.05, 3.63) is 0 Å². The Morgan fingerprint density at radius 3 is 2.74 bits per heavy atom. The van der Waals surface area contributed by atoms with E-state index in [4.69, 9.17) is 10.5 Å². The number of esters is 1. The number of hydrogen-bond donors (Lipinski definition) is 1. The topological polar surface area (TPSA) is 81.3 Å². The summed E-state index contributed by atoms with van der Waals surface area (Å²) in [4.78, 5) is 13.5. The van der Waals surface area contributed by atoms with Gasteiger partial charge in [-0.2, -0.15) is 0 Å². The monoisotopic (exact) mass is 304 g/mol. The van der Waals surface area contributed by atoms with Crippen molar-refractivity contribution in [2.75, 3.05) is 31.4 Å². The van der Waals surface area contributed by atoms with Crippen molar-refractivity contribution in [3.63, 3.8) is 0 Å². The first-order valence-electron chi connectivity index (χ1n) is 5.96. The number of aromatic nitrogens is 2. The smallest absolute Gasteiger partial charge is 0.325 e. The quantitative estimate of drug-likeness (QED) is 0.602. The molecule has 0 fully saturated rings. The number of ether oxygens (including phenoxy) is 1. The molecule has 1 aromatic rings. The normalized spacial score (nSPS) is 13.9. The Labute approximate surface area is 121 Å². The molecule has 19 heavy (non-hydrogen) atoms. The van der Waals surface area contributed by atoms with Gasteiger partial charge in [0.25, 0.3) is 0 Å². The fraction of sp³-hybridized carbons (Fsp3) is 0.727. The maximum Gasteiger partial charge on any atom is 0.325 e. The summed E-state index contributed by atoms with van der Waals surface area (Å²) in [6.07, 6.45) is 0.535. The predicted molar refractivity (Wildman–Crippen MR) is 78.8 cm³/mol. The van der Waals surface area contributed by atoms with Crippen molar-refractivity contribution in [2.24, 2.45) is 5.73 Å². The Bertz CT molecular complexity index is 421. The number of anilines is 1. The third kappa shape index (κ3) is 4.96. The Hall–Kier alpha value is -0.860. The zero-order chi connectivity index (χ0) is 14.5. The number of hydrogen-bond acceptors (Lipinski definition) is 8. The van der Waals surface area contributed by atoms with Crippen LogP contribution in [0.1, 0.15) is 20.3 Å². The van der Waals surface area contributed by atoms with E-state index in [9.17, 15) is 4.79 Å². The molecular weight excluding hydrogens is 284 g/mol. The van der Waals surface area contributed by atoms with Gasteiger partial charge in [0.05, 0.1) is 6.61 Å². The maximum atomic E-state index is 11.6. The molecule has 1 unspecified atom stereocenters. The molecule has 0 saturated carbocycles. The lowest BCUT2D eigenvalue weighted by Gasteiger charge is -2.21. The fourth-order valence-corrected chi connectivity index (χ4v) is 3.20. The summed E-state index contributed by atoms with van der Waals surface area (Å²) < 4.78 is 5.82. The molecule has 1 rings (SSSR count). The SMILES string of the molecule is CCOC(=O)C(C)(N)CCSc1nnc(N(C)C)s1. The highest BCUT2D eigenvalue weighted by atomic mass is 32.2. The van der Waals surface area contributed by atoms with Crippen molar-refractivity contribution in [3.8, 4) is 0 Å². The van der Waals surface area contributed by atoms with Gasteiger partial charge in [-0.25, -0.2) is 0 Å². The molecule has 1 atom stereocenters. The Kier molecular flexibility index (Phi) is 6.02. The number of thioether (sulfide) groups is 1. The highest BCUT2D eigenvalue weighted by Gasteiger charge is 2.29. The van der Waals surface area contributed by atoms with Gasteiger partial charge >= 0.3 is 5.97 Å². The van der Waals surface area contributed by atoms with Crippen molar-refractivity contribution in [1.29, 1.82) is 0 Å². The van der Waals surface area contributed by atoms with Crippen LogP contribution in [0.4, 0.5) is 5.13 Å². The summed E-state index contributed by atoms with van der Waals surface area (Å²) in [5, 5.41) is 8.98. The number of carbonyl (C=O) groups excluding carboxylic acids is 1. The van der Waals surface area contributed by atoms with Crippen LogP contribution < -0.4 is 10.6 Å². The second kappa shape index (κ2) is 7.06. The predicted octanol–water partition coefficient (Wildman–Crippen LogP) is 1.37. The van der Waals surface area contributed by atoms with Crippen LogP contribution in [0, 0.1) is 0 Å². The van der Waals surface area contributed by atoms with Crippen molar-refractivity contribution >= 4 is 34.2 Å². The number of carbonyl (C=O) groups is 1. The van der Waals surface area contributed by atoms with Crippen LogP contribution in [-0.4, -0.2) is 48.2 Å². The molecule has 1 heterocycles. The summed E-state index contributed by atoms with van der Waals surface area (Å²) in [6.45, 7) is 3.81. The fourth-order valence-electron chi connectivity index (χ4n) is 1.19. The molecule has 1 aromatic heterocycles. The van der Waals surface area contributed by atoms with E-state index in [1.165, 1.54) is 11.3 Å². The minimum absolute atomic E-state index is 0.349. The highest BCUT2D eigenvalue weighted by molar-refractivity contribution is 8.01. The van der Waals surface area contributed by atoms with E-state index in [0.29, 0.717) is 18.8 Å². The van der Waals surface area contributed by atoms with Crippen molar-refractivity contribution < 1.29 is 9.53 Å². The molecule has 0 saturated heterocycles. The zero-order valence-corrected chi connectivity index (χ0v) is 13.3.